The van der Waals surface area contributed by atoms with Gasteiger partial charge in [-0.25, -0.2) is 0 Å². The average molecular weight is 442 g/mol. The number of rotatable bonds is 6. The Morgan fingerprint density at radius 2 is 1.88 bits per heavy atom. The van der Waals surface area contributed by atoms with Gasteiger partial charge >= 0.3 is 0 Å². The van der Waals surface area contributed by atoms with Gasteiger partial charge in [0.15, 0.2) is 5.11 Å². The number of thiocarbonyl (C=S) groups is 1. The third kappa shape index (κ3) is 3.83. The zero-order valence-corrected chi connectivity index (χ0v) is 18.4. The van der Waals surface area contributed by atoms with Crippen molar-refractivity contribution in [3.8, 4) is 5.75 Å². The summed E-state index contributed by atoms with van der Waals surface area (Å²) in [5.74, 6) is 0.810. The number of benzene rings is 1. The summed E-state index contributed by atoms with van der Waals surface area (Å²) < 4.78 is 7.60. The highest BCUT2D eigenvalue weighted by atomic mass is 32.1. The number of aromatic nitrogens is 3. The number of nitrogens with zero attached hydrogens (tertiary/aromatic N) is 4. The first-order valence-electron chi connectivity index (χ1n) is 10.4. The lowest BCUT2D eigenvalue weighted by molar-refractivity contribution is 0.415. The first-order chi connectivity index (χ1) is 15.7. The van der Waals surface area contributed by atoms with Crippen LogP contribution in [0, 0.1) is 0 Å². The number of anilines is 1. The molecule has 0 unspecified atom stereocenters. The molecule has 160 valence electrons. The Labute approximate surface area is 192 Å². The van der Waals surface area contributed by atoms with Gasteiger partial charge in [0, 0.05) is 42.7 Å². The topological polar surface area (TPSA) is 55.2 Å². The zero-order valence-electron chi connectivity index (χ0n) is 17.6. The van der Waals surface area contributed by atoms with E-state index in [1.807, 2.05) is 60.9 Å². The van der Waals surface area contributed by atoms with Crippen molar-refractivity contribution < 1.29 is 4.74 Å². The molecule has 0 saturated carbocycles. The van der Waals surface area contributed by atoms with Crippen LogP contribution in [0.2, 0.25) is 0 Å². The second kappa shape index (κ2) is 8.80. The van der Waals surface area contributed by atoms with Gasteiger partial charge in [-0.1, -0.05) is 12.1 Å². The monoisotopic (exact) mass is 441 g/mol. The molecule has 0 spiro atoms. The molecule has 3 aromatic heterocycles. The maximum absolute atomic E-state index is 5.82. The van der Waals surface area contributed by atoms with Crippen LogP contribution < -0.4 is 15.0 Å². The first-order valence-corrected chi connectivity index (χ1v) is 10.8. The summed E-state index contributed by atoms with van der Waals surface area (Å²) in [5, 5.41) is 4.19. The molecule has 0 amide bonds. The van der Waals surface area contributed by atoms with Gasteiger partial charge in [0.2, 0.25) is 0 Å². The summed E-state index contributed by atoms with van der Waals surface area (Å²) in [6.07, 6.45) is 7.62. The Morgan fingerprint density at radius 3 is 2.59 bits per heavy atom. The van der Waals surface area contributed by atoms with Gasteiger partial charge in [0.05, 0.1) is 18.8 Å². The summed E-state index contributed by atoms with van der Waals surface area (Å²) in [5.41, 5.74) is 4.24. The van der Waals surface area contributed by atoms with Gasteiger partial charge in [-0.2, -0.15) is 0 Å². The van der Waals surface area contributed by atoms with Crippen LogP contribution in [-0.2, 0) is 6.54 Å². The SMILES string of the molecule is COc1ccc(N2C(=S)N[C@@H](c3ccccn3)[C@@H]2c2cccn2Cc2cccnc2)cc1. The minimum absolute atomic E-state index is 0.0718. The summed E-state index contributed by atoms with van der Waals surface area (Å²) in [4.78, 5) is 11.1. The minimum Gasteiger partial charge on any atom is -0.497 e. The van der Waals surface area contributed by atoms with Crippen LogP contribution >= 0.6 is 12.2 Å². The summed E-state index contributed by atoms with van der Waals surface area (Å²) in [6, 6.07) is 22.1. The highest BCUT2D eigenvalue weighted by Gasteiger charge is 2.42. The Bertz CT molecular complexity index is 1190. The van der Waals surface area contributed by atoms with Crippen molar-refractivity contribution >= 4 is 23.0 Å². The van der Waals surface area contributed by atoms with Crippen LogP contribution in [0.25, 0.3) is 0 Å². The molecule has 4 heterocycles. The number of pyridine rings is 2. The van der Waals surface area contributed by atoms with Crippen molar-refractivity contribution in [2.24, 2.45) is 0 Å². The molecule has 0 aliphatic carbocycles. The van der Waals surface area contributed by atoms with E-state index in [0.717, 1.165) is 34.9 Å². The summed E-state index contributed by atoms with van der Waals surface area (Å²) in [7, 11) is 1.67. The van der Waals surface area contributed by atoms with Crippen molar-refractivity contribution in [3.05, 3.63) is 108 Å². The molecule has 1 aliphatic rings. The lowest BCUT2D eigenvalue weighted by atomic mass is 10.0. The van der Waals surface area contributed by atoms with E-state index < -0.39 is 0 Å². The van der Waals surface area contributed by atoms with Crippen LogP contribution in [0.3, 0.4) is 0 Å². The standard InChI is InChI=1S/C25H23N5OS/c1-31-20-11-9-19(10-12-20)30-24(23(28-25(30)32)21-7-2-3-14-27-21)22-8-5-15-29(22)17-18-6-4-13-26-16-18/h2-16,23-24H,17H2,1H3,(H,28,32)/t23-,24-/m0/s1. The van der Waals surface area contributed by atoms with Crippen molar-refractivity contribution in [3.63, 3.8) is 0 Å². The third-order valence-electron chi connectivity index (χ3n) is 5.69. The first kappa shape index (κ1) is 20.2. The largest absolute Gasteiger partial charge is 0.497 e. The zero-order chi connectivity index (χ0) is 21.9. The predicted octanol–water partition coefficient (Wildman–Crippen LogP) is 4.51. The van der Waals surface area contributed by atoms with E-state index >= 15 is 0 Å². The Hall–Kier alpha value is -3.71. The number of hydrogen-bond donors (Lipinski definition) is 1. The molecule has 4 aromatic rings. The lowest BCUT2D eigenvalue weighted by Crippen LogP contribution is -2.30. The van der Waals surface area contributed by atoms with Crippen LogP contribution in [-0.4, -0.2) is 26.8 Å². The molecule has 7 heteroatoms. The maximum Gasteiger partial charge on any atom is 0.174 e. The second-order valence-electron chi connectivity index (χ2n) is 7.62. The Morgan fingerprint density at radius 1 is 1.00 bits per heavy atom. The third-order valence-corrected chi connectivity index (χ3v) is 6.01. The fourth-order valence-corrected chi connectivity index (χ4v) is 4.55. The molecule has 6 nitrogen and oxygen atoms in total. The molecular weight excluding hydrogens is 418 g/mol. The van der Waals surface area contributed by atoms with Crippen LogP contribution in [0.15, 0.2) is 91.5 Å². The smallest absolute Gasteiger partial charge is 0.174 e. The average Bonchev–Trinajstić information content (AvgIpc) is 3.44. The molecule has 5 rings (SSSR count). The van der Waals surface area contributed by atoms with Gasteiger partial charge in [-0.05, 0) is 72.4 Å². The molecule has 0 bridgehead atoms. The van der Waals surface area contributed by atoms with Crippen molar-refractivity contribution in [2.45, 2.75) is 18.6 Å². The van der Waals surface area contributed by atoms with Gasteiger partial charge in [0.25, 0.3) is 0 Å². The molecule has 32 heavy (non-hydrogen) atoms. The van der Waals surface area contributed by atoms with E-state index in [0.29, 0.717) is 5.11 Å². The van der Waals surface area contributed by atoms with Crippen molar-refractivity contribution in [1.29, 1.82) is 0 Å². The Balaban J connectivity index is 1.59. The minimum atomic E-state index is -0.0895. The van der Waals surface area contributed by atoms with E-state index in [1.54, 1.807) is 13.3 Å². The van der Waals surface area contributed by atoms with Gasteiger partial charge < -0.3 is 19.5 Å². The quantitative estimate of drug-likeness (QED) is 0.444. The highest BCUT2D eigenvalue weighted by molar-refractivity contribution is 7.80. The fourth-order valence-electron chi connectivity index (χ4n) is 4.20. The molecule has 1 aliphatic heterocycles. The maximum atomic E-state index is 5.82. The molecule has 1 fully saturated rings. The summed E-state index contributed by atoms with van der Waals surface area (Å²) >= 11 is 5.82. The van der Waals surface area contributed by atoms with Crippen LogP contribution in [0.4, 0.5) is 5.69 Å². The van der Waals surface area contributed by atoms with E-state index in [4.69, 9.17) is 17.0 Å². The van der Waals surface area contributed by atoms with Gasteiger partial charge in [-0.15, -0.1) is 0 Å². The molecule has 2 atom stereocenters. The van der Waals surface area contributed by atoms with Crippen molar-refractivity contribution in [2.75, 3.05) is 12.0 Å². The molecule has 1 saturated heterocycles. The van der Waals surface area contributed by atoms with E-state index in [1.165, 1.54) is 0 Å². The predicted molar refractivity (Wildman–Crippen MR) is 129 cm³/mol. The number of nitrogens with one attached hydrogen (secondary N) is 1. The van der Waals surface area contributed by atoms with Crippen LogP contribution in [0.5, 0.6) is 5.75 Å². The van der Waals surface area contributed by atoms with Crippen molar-refractivity contribution in [1.82, 2.24) is 19.9 Å². The summed E-state index contributed by atoms with van der Waals surface area (Å²) in [6.45, 7) is 0.727. The van der Waals surface area contributed by atoms with E-state index in [-0.39, 0.29) is 12.1 Å². The van der Waals surface area contributed by atoms with Gasteiger partial charge in [-0.3, -0.25) is 9.97 Å². The van der Waals surface area contributed by atoms with E-state index in [2.05, 4.69) is 49.1 Å². The molecule has 1 N–H and O–H groups in total. The number of hydrogen-bond acceptors (Lipinski definition) is 4. The van der Waals surface area contributed by atoms with E-state index in [9.17, 15) is 0 Å². The van der Waals surface area contributed by atoms with Gasteiger partial charge in [0.1, 0.15) is 11.8 Å². The number of ether oxygens (including phenoxy) is 1. The molecule has 0 radical (unpaired) electrons. The highest BCUT2D eigenvalue weighted by Crippen LogP contribution is 2.42. The number of methoxy groups -OCH3 is 1. The fraction of sp³-hybridized carbons (Fsp3) is 0.160. The molecular formula is C25H23N5OS. The molecule has 1 aromatic carbocycles. The Kier molecular flexibility index (Phi) is 5.56. The second-order valence-corrected chi connectivity index (χ2v) is 8.00. The van der Waals surface area contributed by atoms with Crippen LogP contribution in [0.1, 0.15) is 29.0 Å². The lowest BCUT2D eigenvalue weighted by Gasteiger charge is -2.29. The normalized spacial score (nSPS) is 17.9.